The second-order valence-electron chi connectivity index (χ2n) is 6.13. The highest BCUT2D eigenvalue weighted by atomic mass is 79.9. The Kier molecular flexibility index (Phi) is 3.42. The molecule has 1 saturated carbocycles. The number of halogens is 1. The third kappa shape index (κ3) is 2.07. The normalized spacial score (nSPS) is 24.8. The fraction of sp³-hybridized carbons (Fsp3) is 0.412. The van der Waals surface area contributed by atoms with Gasteiger partial charge >= 0.3 is 0 Å². The van der Waals surface area contributed by atoms with Crippen molar-refractivity contribution in [2.24, 2.45) is 0 Å². The van der Waals surface area contributed by atoms with E-state index in [1.54, 1.807) is 0 Å². The lowest BCUT2D eigenvalue weighted by Gasteiger charge is -2.34. The molecule has 5 heteroatoms. The van der Waals surface area contributed by atoms with Gasteiger partial charge in [-0.2, -0.15) is 0 Å². The first-order valence-electron chi connectivity index (χ1n) is 7.73. The highest BCUT2D eigenvalue weighted by Crippen LogP contribution is 2.36. The number of aromatic nitrogens is 1. The minimum absolute atomic E-state index is 0.0487. The van der Waals surface area contributed by atoms with E-state index >= 15 is 0 Å². The molecule has 0 radical (unpaired) electrons. The summed E-state index contributed by atoms with van der Waals surface area (Å²) in [6.45, 7) is 0.552. The van der Waals surface area contributed by atoms with Gasteiger partial charge in [-0.25, -0.2) is 4.98 Å². The van der Waals surface area contributed by atoms with Crippen LogP contribution >= 0.6 is 15.9 Å². The number of fused-ring (bicyclic) bond motifs is 3. The molecule has 1 aromatic carbocycles. The molecule has 2 aromatic rings. The first-order chi connectivity index (χ1) is 10.7. The molecule has 1 amide bonds. The number of nitrogens with zero attached hydrogens (tertiary/aromatic N) is 2. The third-order valence-corrected chi connectivity index (χ3v) is 5.46. The summed E-state index contributed by atoms with van der Waals surface area (Å²) in [4.78, 5) is 19.1. The molecule has 1 aromatic heterocycles. The molecule has 114 valence electrons. The van der Waals surface area contributed by atoms with Crippen LogP contribution in [0.15, 0.2) is 28.9 Å². The minimum atomic E-state index is -0.415. The van der Waals surface area contributed by atoms with Crippen LogP contribution < -0.4 is 0 Å². The Morgan fingerprint density at radius 3 is 2.68 bits per heavy atom. The van der Waals surface area contributed by atoms with E-state index in [0.717, 1.165) is 42.0 Å². The van der Waals surface area contributed by atoms with Crippen LogP contribution in [0.4, 0.5) is 0 Å². The van der Waals surface area contributed by atoms with Crippen molar-refractivity contribution in [3.8, 4) is 0 Å². The van der Waals surface area contributed by atoms with Gasteiger partial charge in [0.2, 0.25) is 0 Å². The molecule has 1 fully saturated rings. The zero-order valence-corrected chi connectivity index (χ0v) is 13.7. The van der Waals surface area contributed by atoms with E-state index in [2.05, 4.69) is 20.9 Å². The van der Waals surface area contributed by atoms with Gasteiger partial charge in [-0.05, 0) is 34.2 Å². The molecule has 0 unspecified atom stereocenters. The van der Waals surface area contributed by atoms with Crippen molar-refractivity contribution in [3.63, 3.8) is 0 Å². The molecular weight excluding hydrogens is 344 g/mol. The SMILES string of the molecule is O=C1c2nc(Br)c3ccccc3c2CN1[C@H]1CCCC[C@@H]1O. The molecule has 1 aliphatic carbocycles. The molecule has 1 aliphatic heterocycles. The summed E-state index contributed by atoms with van der Waals surface area (Å²) in [6, 6.07) is 7.93. The molecule has 0 spiro atoms. The van der Waals surface area contributed by atoms with Gasteiger partial charge in [0.15, 0.2) is 0 Å². The van der Waals surface area contributed by atoms with Gasteiger partial charge in [-0.3, -0.25) is 4.79 Å². The zero-order chi connectivity index (χ0) is 15.3. The molecule has 4 rings (SSSR count). The average Bonchev–Trinajstić information content (AvgIpc) is 2.86. The number of carbonyl (C=O) groups is 1. The van der Waals surface area contributed by atoms with Gasteiger partial charge in [-0.1, -0.05) is 37.1 Å². The van der Waals surface area contributed by atoms with Gasteiger partial charge in [0, 0.05) is 17.5 Å². The van der Waals surface area contributed by atoms with Gasteiger partial charge < -0.3 is 10.0 Å². The van der Waals surface area contributed by atoms with Gasteiger partial charge in [-0.15, -0.1) is 0 Å². The van der Waals surface area contributed by atoms with Crippen molar-refractivity contribution in [1.82, 2.24) is 9.88 Å². The quantitative estimate of drug-likeness (QED) is 0.794. The molecule has 1 N–H and O–H groups in total. The van der Waals surface area contributed by atoms with Crippen molar-refractivity contribution in [2.75, 3.05) is 0 Å². The summed E-state index contributed by atoms with van der Waals surface area (Å²) in [7, 11) is 0. The summed E-state index contributed by atoms with van der Waals surface area (Å²) >= 11 is 3.47. The zero-order valence-electron chi connectivity index (χ0n) is 12.1. The first-order valence-corrected chi connectivity index (χ1v) is 8.52. The predicted molar refractivity (Wildman–Crippen MR) is 87.6 cm³/mol. The lowest BCUT2D eigenvalue weighted by Crippen LogP contribution is -2.45. The lowest BCUT2D eigenvalue weighted by atomic mass is 9.91. The smallest absolute Gasteiger partial charge is 0.273 e. The Labute approximate surface area is 137 Å². The molecule has 4 nitrogen and oxygen atoms in total. The van der Waals surface area contributed by atoms with E-state index in [9.17, 15) is 9.90 Å². The maximum absolute atomic E-state index is 12.8. The van der Waals surface area contributed by atoms with E-state index in [-0.39, 0.29) is 11.9 Å². The van der Waals surface area contributed by atoms with Crippen LogP contribution in [0.25, 0.3) is 10.8 Å². The highest BCUT2D eigenvalue weighted by molar-refractivity contribution is 9.10. The number of carbonyl (C=O) groups excluding carboxylic acids is 1. The Balaban J connectivity index is 1.79. The summed E-state index contributed by atoms with van der Waals surface area (Å²) in [5.74, 6) is -0.0487. The highest BCUT2D eigenvalue weighted by Gasteiger charge is 2.39. The predicted octanol–water partition coefficient (Wildman–Crippen LogP) is 3.26. The van der Waals surface area contributed by atoms with Crippen LogP contribution in [0.1, 0.15) is 41.7 Å². The fourth-order valence-corrected chi connectivity index (χ4v) is 4.24. The van der Waals surface area contributed by atoms with Crippen LogP contribution in [0, 0.1) is 0 Å². The van der Waals surface area contributed by atoms with Gasteiger partial charge in [0.1, 0.15) is 10.3 Å². The summed E-state index contributed by atoms with van der Waals surface area (Å²) < 4.78 is 0.709. The molecular formula is C17H17BrN2O2. The second kappa shape index (κ2) is 5.32. The lowest BCUT2D eigenvalue weighted by molar-refractivity contribution is 0.0190. The van der Waals surface area contributed by atoms with Crippen molar-refractivity contribution in [2.45, 2.75) is 44.4 Å². The Bertz CT molecular complexity index is 762. The van der Waals surface area contributed by atoms with Crippen LogP contribution in [0.2, 0.25) is 0 Å². The summed E-state index contributed by atoms with van der Waals surface area (Å²) in [5.41, 5.74) is 1.52. The maximum Gasteiger partial charge on any atom is 0.273 e. The largest absolute Gasteiger partial charge is 0.391 e. The molecule has 2 heterocycles. The van der Waals surface area contributed by atoms with Crippen molar-refractivity contribution >= 4 is 32.6 Å². The summed E-state index contributed by atoms with van der Waals surface area (Å²) in [6.07, 6.45) is 3.35. The Morgan fingerprint density at radius 2 is 1.91 bits per heavy atom. The molecule has 0 saturated heterocycles. The maximum atomic E-state index is 12.8. The molecule has 2 aliphatic rings. The third-order valence-electron chi connectivity index (χ3n) is 4.86. The van der Waals surface area contributed by atoms with E-state index in [1.165, 1.54) is 0 Å². The standard InChI is InChI=1S/C17H17BrN2O2/c18-16-11-6-2-1-5-10(11)12-9-20(17(22)15(12)19-16)13-7-3-4-8-14(13)21/h1-2,5-6,13-14,21H,3-4,7-9H2/t13-,14-/m0/s1. The Morgan fingerprint density at radius 1 is 1.18 bits per heavy atom. The number of pyridine rings is 1. The molecule has 2 atom stereocenters. The number of benzene rings is 1. The van der Waals surface area contributed by atoms with Crippen LogP contribution in [-0.4, -0.2) is 33.0 Å². The van der Waals surface area contributed by atoms with Gasteiger partial charge in [0.05, 0.1) is 12.1 Å². The summed E-state index contributed by atoms with van der Waals surface area (Å²) in [5, 5.41) is 12.4. The van der Waals surface area contributed by atoms with Gasteiger partial charge in [0.25, 0.3) is 5.91 Å². The minimum Gasteiger partial charge on any atom is -0.391 e. The van der Waals surface area contributed by atoms with Crippen LogP contribution in [0.5, 0.6) is 0 Å². The topological polar surface area (TPSA) is 53.4 Å². The monoisotopic (exact) mass is 360 g/mol. The number of aliphatic hydroxyl groups is 1. The van der Waals surface area contributed by atoms with E-state index < -0.39 is 6.10 Å². The fourth-order valence-electron chi connectivity index (χ4n) is 3.72. The number of amides is 1. The van der Waals surface area contributed by atoms with Crippen LogP contribution in [-0.2, 0) is 6.54 Å². The number of aliphatic hydroxyl groups excluding tert-OH is 1. The average molecular weight is 361 g/mol. The number of hydrogen-bond acceptors (Lipinski definition) is 3. The number of rotatable bonds is 1. The van der Waals surface area contributed by atoms with Crippen LogP contribution in [0.3, 0.4) is 0 Å². The van der Waals surface area contributed by atoms with Crippen molar-refractivity contribution in [1.29, 1.82) is 0 Å². The molecule has 0 bridgehead atoms. The van der Waals surface area contributed by atoms with E-state index in [1.807, 2.05) is 29.2 Å². The van der Waals surface area contributed by atoms with E-state index in [0.29, 0.717) is 16.8 Å². The second-order valence-corrected chi connectivity index (χ2v) is 6.88. The number of hydrogen-bond donors (Lipinski definition) is 1. The Hall–Kier alpha value is -1.46. The van der Waals surface area contributed by atoms with Crippen molar-refractivity contribution < 1.29 is 9.90 Å². The van der Waals surface area contributed by atoms with Crippen molar-refractivity contribution in [3.05, 3.63) is 40.1 Å². The molecule has 22 heavy (non-hydrogen) atoms. The van der Waals surface area contributed by atoms with E-state index in [4.69, 9.17) is 0 Å². The first kappa shape index (κ1) is 14.2.